The molecule has 0 aromatic heterocycles. The second-order valence-electron chi connectivity index (χ2n) is 8.68. The molecule has 37 heavy (non-hydrogen) atoms. The lowest BCUT2D eigenvalue weighted by atomic mass is 10.1. The first-order chi connectivity index (χ1) is 17.5. The van der Waals surface area contributed by atoms with Crippen LogP contribution in [0, 0.1) is 5.41 Å². The predicted molar refractivity (Wildman–Crippen MR) is 141 cm³/mol. The molecule has 1 aliphatic heterocycles. The van der Waals surface area contributed by atoms with E-state index in [1.165, 1.54) is 18.2 Å². The second kappa shape index (κ2) is 11.9. The molecule has 6 N–H and O–H groups in total. The second-order valence-corrected chi connectivity index (χ2v) is 10.1. The maximum atomic E-state index is 13.0. The molecule has 1 heterocycles. The minimum Gasteiger partial charge on any atom is -0.489 e. The number of amidine groups is 1. The molecule has 1 saturated heterocycles. The van der Waals surface area contributed by atoms with Crippen molar-refractivity contribution in [1.82, 2.24) is 5.32 Å². The molecule has 2 aromatic carbocycles. The van der Waals surface area contributed by atoms with Gasteiger partial charge in [-0.1, -0.05) is 29.8 Å². The molecule has 0 saturated carbocycles. The molecule has 3 rings (SSSR count). The highest BCUT2D eigenvalue weighted by molar-refractivity contribution is 7.88. The number of carbonyl (C=O) groups is 2. The number of nitrogens with zero attached hydrogens (tertiary/aromatic N) is 1. The maximum Gasteiger partial charge on any atom is 0.412 e. The minimum atomic E-state index is -4.58. The summed E-state index contributed by atoms with van der Waals surface area (Å²) >= 11 is 0. The largest absolute Gasteiger partial charge is 0.489 e. The van der Waals surface area contributed by atoms with E-state index < -0.39 is 22.2 Å². The lowest BCUT2D eigenvalue weighted by Gasteiger charge is -2.26. The lowest BCUT2D eigenvalue weighted by Crippen LogP contribution is -2.36. The van der Waals surface area contributed by atoms with E-state index in [4.69, 9.17) is 21.6 Å². The van der Waals surface area contributed by atoms with Gasteiger partial charge in [-0.25, -0.2) is 4.31 Å². The molecular weight excluding hydrogens is 498 g/mol. The first kappa shape index (κ1) is 27.7. The Kier molecular flexibility index (Phi) is 8.90. The summed E-state index contributed by atoms with van der Waals surface area (Å²) in [5, 5.41) is 10.8. The Hall–Kier alpha value is -3.90. The highest BCUT2D eigenvalue weighted by Gasteiger charge is 2.28. The normalized spacial score (nSPS) is 14.6. The monoisotopic (exact) mass is 529 g/mol. The van der Waals surface area contributed by atoms with Crippen LogP contribution in [0.5, 0.6) is 5.75 Å². The van der Waals surface area contributed by atoms with E-state index in [0.717, 1.165) is 37.2 Å². The minimum absolute atomic E-state index is 0.00912. The van der Waals surface area contributed by atoms with Gasteiger partial charge in [0.25, 0.3) is 5.91 Å². The summed E-state index contributed by atoms with van der Waals surface area (Å²) in [5.74, 6) is -1.65. The van der Waals surface area contributed by atoms with E-state index in [2.05, 4.69) is 9.50 Å². The number of amides is 1. The molecule has 2 aromatic rings. The fraction of sp³-hybridized carbons (Fsp3) is 0.320. The van der Waals surface area contributed by atoms with Crippen molar-refractivity contribution < 1.29 is 26.9 Å². The predicted octanol–water partition coefficient (Wildman–Crippen LogP) is 1.92. The number of piperidine rings is 1. The molecule has 0 aliphatic carbocycles. The molecular formula is C25H31N5O6S. The average molecular weight is 530 g/mol. The van der Waals surface area contributed by atoms with E-state index in [1.54, 1.807) is 37.3 Å². The number of ether oxygens (including phenoxy) is 1. The zero-order chi connectivity index (χ0) is 27.2. The van der Waals surface area contributed by atoms with E-state index >= 15 is 0 Å². The fourth-order valence-corrected chi connectivity index (χ4v) is 5.03. The highest BCUT2D eigenvalue weighted by Crippen LogP contribution is 2.30. The maximum absolute atomic E-state index is 13.0. The molecule has 1 aliphatic rings. The van der Waals surface area contributed by atoms with Crippen molar-refractivity contribution in [2.45, 2.75) is 32.8 Å². The highest BCUT2D eigenvalue weighted by atomic mass is 32.2. The Balaban J connectivity index is 1.98. The first-order valence-electron chi connectivity index (χ1n) is 11.6. The zero-order valence-corrected chi connectivity index (χ0v) is 21.5. The summed E-state index contributed by atoms with van der Waals surface area (Å²) < 4.78 is 37.5. The number of anilines is 1. The van der Waals surface area contributed by atoms with Crippen LogP contribution in [0.2, 0.25) is 0 Å². The van der Waals surface area contributed by atoms with E-state index in [1.807, 2.05) is 0 Å². The van der Waals surface area contributed by atoms with Crippen molar-refractivity contribution in [1.29, 1.82) is 5.41 Å². The average Bonchev–Trinajstić information content (AvgIpc) is 2.82. The summed E-state index contributed by atoms with van der Waals surface area (Å²) in [6, 6.07) is 11.1. The SMILES string of the molecule is CC(=O)OS(=O)(=O)N(CC(C)=Cc1cccc(C(=N)N)c1)c1ccc(OC2CCNCC2)c(C(N)=O)c1. The van der Waals surface area contributed by atoms with Crippen molar-refractivity contribution >= 4 is 39.8 Å². The van der Waals surface area contributed by atoms with Gasteiger partial charge < -0.3 is 25.7 Å². The van der Waals surface area contributed by atoms with Gasteiger partial charge in [0, 0.05) is 12.5 Å². The van der Waals surface area contributed by atoms with Crippen LogP contribution in [0.15, 0.2) is 48.0 Å². The van der Waals surface area contributed by atoms with Crippen LogP contribution in [0.1, 0.15) is 48.2 Å². The van der Waals surface area contributed by atoms with Gasteiger partial charge in [0.05, 0.1) is 17.8 Å². The van der Waals surface area contributed by atoms with Gasteiger partial charge in [-0.15, -0.1) is 0 Å². The summed E-state index contributed by atoms with van der Waals surface area (Å²) in [4.78, 5) is 23.8. The Bertz CT molecular complexity index is 1320. The van der Waals surface area contributed by atoms with Crippen LogP contribution in [-0.2, 0) is 19.3 Å². The van der Waals surface area contributed by atoms with Crippen molar-refractivity contribution in [3.05, 3.63) is 64.7 Å². The van der Waals surface area contributed by atoms with Crippen LogP contribution >= 0.6 is 0 Å². The number of nitrogens with two attached hydrogens (primary N) is 2. The Morgan fingerprint density at radius 2 is 1.84 bits per heavy atom. The summed E-state index contributed by atoms with van der Waals surface area (Å²) in [5.41, 5.74) is 13.0. The number of rotatable bonds is 10. The van der Waals surface area contributed by atoms with Gasteiger partial charge in [-0.3, -0.25) is 15.0 Å². The van der Waals surface area contributed by atoms with Gasteiger partial charge in [0.15, 0.2) is 0 Å². The van der Waals surface area contributed by atoms with Gasteiger partial charge in [-0.05, 0) is 62.7 Å². The van der Waals surface area contributed by atoms with Gasteiger partial charge >= 0.3 is 16.3 Å². The molecule has 0 unspecified atom stereocenters. The number of hydrogen-bond donors (Lipinski definition) is 4. The van der Waals surface area contributed by atoms with Crippen molar-refractivity contribution in [3.8, 4) is 5.75 Å². The lowest BCUT2D eigenvalue weighted by molar-refractivity contribution is -0.131. The zero-order valence-electron chi connectivity index (χ0n) is 20.7. The van der Waals surface area contributed by atoms with Gasteiger partial charge in [0.1, 0.15) is 17.7 Å². The number of primary amides is 1. The molecule has 0 atom stereocenters. The number of nitrogens with one attached hydrogen (secondary N) is 2. The van der Waals surface area contributed by atoms with Gasteiger partial charge in [-0.2, -0.15) is 8.42 Å². The number of hydrogen-bond acceptors (Lipinski definition) is 8. The third-order valence-electron chi connectivity index (χ3n) is 5.59. The molecule has 1 amide bonds. The molecule has 0 radical (unpaired) electrons. The number of benzene rings is 2. The quantitative estimate of drug-likeness (QED) is 0.266. The van der Waals surface area contributed by atoms with E-state index in [0.29, 0.717) is 16.7 Å². The standard InChI is InChI=1S/C25H31N5O6S/c1-16(12-18-4-3-5-19(13-18)24(26)27)15-30(37(33,34)36-17(2)31)20-6-7-23(22(14-20)25(28)32)35-21-8-10-29-11-9-21/h3-7,12-14,21,29H,8-11,15H2,1-2H3,(H3,26,27)(H2,28,32). The first-order valence-corrected chi connectivity index (χ1v) is 13.0. The smallest absolute Gasteiger partial charge is 0.412 e. The van der Waals surface area contributed by atoms with Crippen molar-refractivity contribution in [2.75, 3.05) is 23.9 Å². The van der Waals surface area contributed by atoms with Crippen molar-refractivity contribution in [3.63, 3.8) is 0 Å². The third kappa shape index (κ3) is 7.54. The third-order valence-corrected chi connectivity index (χ3v) is 6.92. The Labute approximate surface area is 216 Å². The molecule has 11 nitrogen and oxygen atoms in total. The molecule has 198 valence electrons. The van der Waals surface area contributed by atoms with Crippen LogP contribution in [0.3, 0.4) is 0 Å². The topological polar surface area (TPSA) is 178 Å². The summed E-state index contributed by atoms with van der Waals surface area (Å²) in [6.45, 7) is 4.04. The molecule has 1 fully saturated rings. The van der Waals surface area contributed by atoms with Crippen LogP contribution in [-0.4, -0.2) is 51.9 Å². The van der Waals surface area contributed by atoms with Crippen molar-refractivity contribution in [2.24, 2.45) is 11.5 Å². The van der Waals surface area contributed by atoms with Crippen LogP contribution in [0.4, 0.5) is 5.69 Å². The Morgan fingerprint density at radius 1 is 1.14 bits per heavy atom. The van der Waals surface area contributed by atoms with Crippen LogP contribution in [0.25, 0.3) is 6.08 Å². The number of nitrogen functional groups attached to an aromatic ring is 1. The molecule has 12 heteroatoms. The number of carbonyl (C=O) groups excluding carboxylic acids is 2. The fourth-order valence-electron chi connectivity index (χ4n) is 3.91. The van der Waals surface area contributed by atoms with Gasteiger partial charge in [0.2, 0.25) is 0 Å². The van der Waals surface area contributed by atoms with E-state index in [-0.39, 0.29) is 35.5 Å². The summed E-state index contributed by atoms with van der Waals surface area (Å²) in [7, 11) is -4.58. The Morgan fingerprint density at radius 3 is 2.46 bits per heavy atom. The molecule has 0 spiro atoms. The van der Waals surface area contributed by atoms with E-state index in [9.17, 15) is 18.0 Å². The molecule has 0 bridgehead atoms. The van der Waals surface area contributed by atoms with Crippen LogP contribution < -0.4 is 25.8 Å². The summed E-state index contributed by atoms with van der Waals surface area (Å²) in [6.07, 6.45) is 3.11.